The lowest BCUT2D eigenvalue weighted by atomic mass is 10.0. The summed E-state index contributed by atoms with van der Waals surface area (Å²) < 4.78 is 27.3. The fraction of sp³-hybridized carbons (Fsp3) is 0.136. The SMILES string of the molecule is CC(=O)Nc1cnc2c(c1)c(-c1cccc(-c3cccc(NS(C)(=O)=O)c3)c1)nn2C. The molecule has 0 saturated heterocycles. The first-order chi connectivity index (χ1) is 14.7. The van der Waals surface area contributed by atoms with Crippen LogP contribution >= 0.6 is 0 Å². The molecule has 0 aliphatic heterocycles. The zero-order valence-corrected chi connectivity index (χ0v) is 18.1. The Kier molecular flexibility index (Phi) is 5.20. The zero-order chi connectivity index (χ0) is 22.2. The van der Waals surface area contributed by atoms with Gasteiger partial charge in [-0.05, 0) is 35.4 Å². The van der Waals surface area contributed by atoms with Gasteiger partial charge >= 0.3 is 0 Å². The van der Waals surface area contributed by atoms with Gasteiger partial charge in [0.2, 0.25) is 15.9 Å². The predicted molar refractivity (Wildman–Crippen MR) is 122 cm³/mol. The number of rotatable bonds is 5. The number of carbonyl (C=O) groups excluding carboxylic acids is 1. The van der Waals surface area contributed by atoms with Crippen LogP contribution in [0, 0.1) is 0 Å². The quantitative estimate of drug-likeness (QED) is 0.498. The molecule has 0 saturated carbocycles. The van der Waals surface area contributed by atoms with Crippen LogP contribution in [-0.4, -0.2) is 35.3 Å². The summed E-state index contributed by atoms with van der Waals surface area (Å²) in [4.78, 5) is 15.8. The standard InChI is InChI=1S/C22H21N5O3S/c1-14(28)24-19-12-20-21(25-27(2)22(20)23-13-19)17-8-4-6-15(10-17)16-7-5-9-18(11-16)26-31(3,29)30/h4-13,26H,1-3H3,(H,24,28). The number of pyridine rings is 1. The fourth-order valence-electron chi connectivity index (χ4n) is 3.45. The molecular formula is C22H21N5O3S. The van der Waals surface area contributed by atoms with E-state index < -0.39 is 10.0 Å². The molecule has 8 nitrogen and oxygen atoms in total. The van der Waals surface area contributed by atoms with Crippen molar-refractivity contribution in [3.05, 3.63) is 60.8 Å². The van der Waals surface area contributed by atoms with Gasteiger partial charge < -0.3 is 5.32 Å². The molecule has 2 N–H and O–H groups in total. The summed E-state index contributed by atoms with van der Waals surface area (Å²) in [6, 6.07) is 16.9. The molecule has 158 valence electrons. The Morgan fingerprint density at radius 2 is 1.65 bits per heavy atom. The van der Waals surface area contributed by atoms with E-state index in [9.17, 15) is 13.2 Å². The Balaban J connectivity index is 1.78. The Labute approximate surface area is 180 Å². The molecule has 0 unspecified atom stereocenters. The first-order valence-electron chi connectivity index (χ1n) is 9.48. The number of sulfonamides is 1. The van der Waals surface area contributed by atoms with E-state index in [4.69, 9.17) is 0 Å². The lowest BCUT2D eigenvalue weighted by molar-refractivity contribution is -0.114. The summed E-state index contributed by atoms with van der Waals surface area (Å²) in [5, 5.41) is 8.20. The molecule has 2 aromatic heterocycles. The number of aryl methyl sites for hydroxylation is 1. The Hall–Kier alpha value is -3.72. The Morgan fingerprint density at radius 1 is 0.968 bits per heavy atom. The molecule has 0 aliphatic carbocycles. The van der Waals surface area contributed by atoms with Crippen molar-refractivity contribution in [1.82, 2.24) is 14.8 Å². The van der Waals surface area contributed by atoms with Gasteiger partial charge in [0.05, 0.1) is 18.1 Å². The molecule has 0 aliphatic rings. The Morgan fingerprint density at radius 3 is 2.35 bits per heavy atom. The molecule has 4 rings (SSSR count). The maximum absolute atomic E-state index is 11.6. The first kappa shape index (κ1) is 20.5. The lowest BCUT2D eigenvalue weighted by Crippen LogP contribution is -2.09. The third kappa shape index (κ3) is 4.56. The second kappa shape index (κ2) is 7.84. The summed E-state index contributed by atoms with van der Waals surface area (Å²) >= 11 is 0. The van der Waals surface area contributed by atoms with E-state index >= 15 is 0 Å². The number of amides is 1. The van der Waals surface area contributed by atoms with Crippen LogP contribution in [0.5, 0.6) is 0 Å². The van der Waals surface area contributed by atoms with E-state index in [1.54, 1.807) is 29.1 Å². The molecule has 0 spiro atoms. The van der Waals surface area contributed by atoms with Crippen molar-refractivity contribution in [3.63, 3.8) is 0 Å². The number of hydrogen-bond donors (Lipinski definition) is 2. The molecule has 9 heteroatoms. The minimum atomic E-state index is -3.36. The minimum Gasteiger partial charge on any atom is -0.325 e. The molecule has 31 heavy (non-hydrogen) atoms. The van der Waals surface area contributed by atoms with Crippen molar-refractivity contribution < 1.29 is 13.2 Å². The molecule has 0 fully saturated rings. The van der Waals surface area contributed by atoms with Crippen LogP contribution in [0.2, 0.25) is 0 Å². The molecule has 0 atom stereocenters. The third-order valence-electron chi connectivity index (χ3n) is 4.63. The van der Waals surface area contributed by atoms with Crippen molar-refractivity contribution in [2.45, 2.75) is 6.92 Å². The Bertz CT molecular complexity index is 1410. The van der Waals surface area contributed by atoms with Crippen LogP contribution in [0.25, 0.3) is 33.4 Å². The van der Waals surface area contributed by atoms with Crippen LogP contribution in [0.1, 0.15) is 6.92 Å². The number of fused-ring (bicyclic) bond motifs is 1. The molecule has 0 radical (unpaired) electrons. The van der Waals surface area contributed by atoms with Gasteiger partial charge in [-0.15, -0.1) is 0 Å². The van der Waals surface area contributed by atoms with Crippen molar-refractivity contribution in [2.24, 2.45) is 7.05 Å². The second-order valence-corrected chi connectivity index (χ2v) is 9.03. The van der Waals surface area contributed by atoms with Crippen LogP contribution in [0.3, 0.4) is 0 Å². The number of aromatic nitrogens is 3. The number of benzene rings is 2. The summed E-state index contributed by atoms with van der Waals surface area (Å²) in [7, 11) is -1.54. The summed E-state index contributed by atoms with van der Waals surface area (Å²) in [5.41, 5.74) is 5.21. The van der Waals surface area contributed by atoms with Crippen molar-refractivity contribution in [1.29, 1.82) is 0 Å². The van der Waals surface area contributed by atoms with E-state index in [0.717, 1.165) is 34.0 Å². The van der Waals surface area contributed by atoms with Gasteiger partial charge in [-0.3, -0.25) is 9.52 Å². The summed E-state index contributed by atoms with van der Waals surface area (Å²) in [6.07, 6.45) is 2.72. The number of carbonyl (C=O) groups is 1. The number of nitrogens with zero attached hydrogens (tertiary/aromatic N) is 3. The predicted octanol–water partition coefficient (Wildman–Crippen LogP) is 3.63. The van der Waals surface area contributed by atoms with Crippen LogP contribution in [0.4, 0.5) is 11.4 Å². The van der Waals surface area contributed by atoms with Crippen molar-refractivity contribution >= 4 is 38.3 Å². The maximum Gasteiger partial charge on any atom is 0.229 e. The number of nitrogens with one attached hydrogen (secondary N) is 2. The van der Waals surface area contributed by atoms with Crippen molar-refractivity contribution in [3.8, 4) is 22.4 Å². The van der Waals surface area contributed by atoms with Gasteiger partial charge in [-0.25, -0.2) is 18.1 Å². The van der Waals surface area contributed by atoms with Gasteiger partial charge in [0.1, 0.15) is 5.69 Å². The van der Waals surface area contributed by atoms with Gasteiger partial charge in [0, 0.05) is 30.6 Å². The molecule has 2 heterocycles. The zero-order valence-electron chi connectivity index (χ0n) is 17.2. The minimum absolute atomic E-state index is 0.170. The normalized spacial score (nSPS) is 11.5. The summed E-state index contributed by atoms with van der Waals surface area (Å²) in [6.45, 7) is 1.45. The van der Waals surface area contributed by atoms with Crippen LogP contribution in [-0.2, 0) is 21.9 Å². The van der Waals surface area contributed by atoms with E-state index in [2.05, 4.69) is 20.1 Å². The molecule has 2 aromatic carbocycles. The summed E-state index contributed by atoms with van der Waals surface area (Å²) in [5.74, 6) is -0.170. The average Bonchev–Trinajstić information content (AvgIpc) is 3.02. The van der Waals surface area contributed by atoms with Gasteiger partial charge in [0.15, 0.2) is 5.65 Å². The molecule has 1 amide bonds. The highest BCUT2D eigenvalue weighted by atomic mass is 32.2. The highest BCUT2D eigenvalue weighted by molar-refractivity contribution is 7.92. The van der Waals surface area contributed by atoms with Gasteiger partial charge in [0.25, 0.3) is 0 Å². The first-order valence-corrected chi connectivity index (χ1v) is 11.4. The molecule has 4 aromatic rings. The lowest BCUT2D eigenvalue weighted by Gasteiger charge is -2.08. The highest BCUT2D eigenvalue weighted by Gasteiger charge is 2.14. The molecule has 0 bridgehead atoms. The van der Waals surface area contributed by atoms with Gasteiger partial charge in [-0.1, -0.05) is 30.3 Å². The fourth-order valence-corrected chi connectivity index (χ4v) is 4.00. The van der Waals surface area contributed by atoms with Crippen LogP contribution in [0.15, 0.2) is 60.8 Å². The largest absolute Gasteiger partial charge is 0.325 e. The van der Waals surface area contributed by atoms with E-state index in [1.807, 2.05) is 43.4 Å². The smallest absolute Gasteiger partial charge is 0.229 e. The van der Waals surface area contributed by atoms with Crippen molar-refractivity contribution in [2.75, 3.05) is 16.3 Å². The highest BCUT2D eigenvalue weighted by Crippen LogP contribution is 2.32. The number of hydrogen-bond acceptors (Lipinski definition) is 5. The second-order valence-electron chi connectivity index (χ2n) is 7.28. The van der Waals surface area contributed by atoms with E-state index in [1.165, 1.54) is 6.92 Å². The van der Waals surface area contributed by atoms with E-state index in [-0.39, 0.29) is 5.91 Å². The number of anilines is 2. The maximum atomic E-state index is 11.6. The molecular weight excluding hydrogens is 414 g/mol. The third-order valence-corrected chi connectivity index (χ3v) is 5.24. The van der Waals surface area contributed by atoms with E-state index in [0.29, 0.717) is 17.0 Å². The van der Waals surface area contributed by atoms with Gasteiger partial charge in [-0.2, -0.15) is 5.10 Å². The van der Waals surface area contributed by atoms with Crippen LogP contribution < -0.4 is 10.0 Å². The average molecular weight is 436 g/mol. The topological polar surface area (TPSA) is 106 Å². The monoisotopic (exact) mass is 435 g/mol.